The first-order valence-electron chi connectivity index (χ1n) is 4.37. The molecule has 0 aliphatic heterocycles. The van der Waals surface area contributed by atoms with Gasteiger partial charge in [-0.2, -0.15) is 0 Å². The van der Waals surface area contributed by atoms with E-state index in [4.69, 9.17) is 10.9 Å². The van der Waals surface area contributed by atoms with Crippen molar-refractivity contribution in [2.75, 3.05) is 6.54 Å². The molecular formula is C9H15ClN2O3S. The Morgan fingerprint density at radius 1 is 1.44 bits per heavy atom. The van der Waals surface area contributed by atoms with E-state index in [2.05, 4.69) is 0 Å². The molecule has 1 aromatic rings. The van der Waals surface area contributed by atoms with E-state index in [0.717, 1.165) is 0 Å². The molecule has 1 atom stereocenters. The Labute approximate surface area is 101 Å². The molecule has 0 saturated heterocycles. The van der Waals surface area contributed by atoms with E-state index in [1.165, 1.54) is 6.07 Å². The third kappa shape index (κ3) is 3.43. The quantitative estimate of drug-likeness (QED) is 0.719. The van der Waals surface area contributed by atoms with Crippen molar-refractivity contribution in [3.05, 3.63) is 29.3 Å². The Balaban J connectivity index is 0.00000225. The van der Waals surface area contributed by atoms with Gasteiger partial charge in [0.15, 0.2) is 0 Å². The number of nitrogens with two attached hydrogens (primary N) is 2. The lowest BCUT2D eigenvalue weighted by atomic mass is 10.1. The number of benzene rings is 1. The summed E-state index contributed by atoms with van der Waals surface area (Å²) in [6.45, 7) is 1.67. The van der Waals surface area contributed by atoms with Crippen LogP contribution < -0.4 is 10.9 Å². The smallest absolute Gasteiger partial charge is 0.238 e. The molecule has 0 unspecified atom stereocenters. The fourth-order valence-corrected chi connectivity index (χ4v) is 2.08. The van der Waals surface area contributed by atoms with Gasteiger partial charge in [-0.3, -0.25) is 0 Å². The van der Waals surface area contributed by atoms with Crippen molar-refractivity contribution in [3.8, 4) is 0 Å². The molecular weight excluding hydrogens is 252 g/mol. The Hall–Kier alpha value is -0.660. The van der Waals surface area contributed by atoms with Gasteiger partial charge in [0.1, 0.15) is 0 Å². The third-order valence-corrected chi connectivity index (χ3v) is 3.18. The summed E-state index contributed by atoms with van der Waals surface area (Å²) >= 11 is 0. The Bertz CT molecular complexity index is 462. The average molecular weight is 267 g/mol. The van der Waals surface area contributed by atoms with Crippen LogP contribution in [0.15, 0.2) is 23.1 Å². The van der Waals surface area contributed by atoms with Crippen LogP contribution in [0.2, 0.25) is 0 Å². The highest BCUT2D eigenvalue weighted by Crippen LogP contribution is 2.19. The minimum atomic E-state index is -3.75. The number of aliphatic hydroxyl groups is 1. The van der Waals surface area contributed by atoms with Crippen LogP contribution in [0.25, 0.3) is 0 Å². The van der Waals surface area contributed by atoms with Crippen LogP contribution in [0.5, 0.6) is 0 Å². The fraction of sp³-hybridized carbons (Fsp3) is 0.333. The molecule has 0 heterocycles. The van der Waals surface area contributed by atoms with Crippen LogP contribution in [0.3, 0.4) is 0 Å². The number of hydrogen-bond acceptors (Lipinski definition) is 4. The molecule has 0 saturated carbocycles. The van der Waals surface area contributed by atoms with Gasteiger partial charge in [0, 0.05) is 6.54 Å². The van der Waals surface area contributed by atoms with Crippen molar-refractivity contribution in [1.82, 2.24) is 0 Å². The van der Waals surface area contributed by atoms with Crippen molar-refractivity contribution in [1.29, 1.82) is 0 Å². The minimum absolute atomic E-state index is 0. The van der Waals surface area contributed by atoms with Crippen molar-refractivity contribution < 1.29 is 13.5 Å². The van der Waals surface area contributed by atoms with Gasteiger partial charge in [0.05, 0.1) is 11.0 Å². The summed E-state index contributed by atoms with van der Waals surface area (Å²) in [6.07, 6.45) is -0.869. The van der Waals surface area contributed by atoms with Crippen LogP contribution in [0.1, 0.15) is 17.2 Å². The summed E-state index contributed by atoms with van der Waals surface area (Å²) in [6, 6.07) is 4.57. The summed E-state index contributed by atoms with van der Waals surface area (Å²) in [5.41, 5.74) is 6.27. The Morgan fingerprint density at radius 2 is 2.00 bits per heavy atom. The lowest BCUT2D eigenvalue weighted by Crippen LogP contribution is -2.16. The molecule has 5 nitrogen and oxygen atoms in total. The highest BCUT2D eigenvalue weighted by atomic mass is 35.5. The molecule has 0 fully saturated rings. The first kappa shape index (κ1) is 15.3. The molecule has 0 aromatic heterocycles. The Morgan fingerprint density at radius 3 is 2.44 bits per heavy atom. The number of primary sulfonamides is 1. The first-order chi connectivity index (χ1) is 6.86. The molecule has 5 N–H and O–H groups in total. The lowest BCUT2D eigenvalue weighted by molar-refractivity contribution is 0.186. The molecule has 0 spiro atoms. The highest BCUT2D eigenvalue weighted by molar-refractivity contribution is 7.89. The summed E-state index contributed by atoms with van der Waals surface area (Å²) < 4.78 is 22.4. The van der Waals surface area contributed by atoms with Crippen molar-refractivity contribution >= 4 is 22.4 Å². The van der Waals surface area contributed by atoms with Gasteiger partial charge in [-0.15, -0.1) is 12.4 Å². The van der Waals surface area contributed by atoms with Crippen molar-refractivity contribution in [2.45, 2.75) is 17.9 Å². The largest absolute Gasteiger partial charge is 0.387 e. The SMILES string of the molecule is Cc1ccc([C@@H](O)CN)cc1S(N)(=O)=O.Cl. The number of aliphatic hydroxyl groups excluding tert-OH is 1. The first-order valence-corrected chi connectivity index (χ1v) is 5.92. The van der Waals surface area contributed by atoms with Gasteiger partial charge < -0.3 is 10.8 Å². The normalized spacial score (nSPS) is 13.0. The summed E-state index contributed by atoms with van der Waals surface area (Å²) in [5, 5.41) is 14.5. The summed E-state index contributed by atoms with van der Waals surface area (Å²) in [4.78, 5) is 0.0208. The van der Waals surface area contributed by atoms with E-state index in [1.54, 1.807) is 19.1 Å². The van der Waals surface area contributed by atoms with E-state index in [9.17, 15) is 13.5 Å². The molecule has 0 amide bonds. The number of halogens is 1. The number of hydrogen-bond donors (Lipinski definition) is 3. The number of rotatable bonds is 3. The van der Waals surface area contributed by atoms with E-state index in [1.807, 2.05) is 0 Å². The van der Waals surface area contributed by atoms with Crippen LogP contribution >= 0.6 is 12.4 Å². The standard InChI is InChI=1S/C9H14N2O3S.ClH/c1-6-2-3-7(8(12)5-10)4-9(6)15(11,13)14;/h2-4,8,12H,5,10H2,1H3,(H2,11,13,14);1H/t8-;/m0./s1. The second kappa shape index (κ2) is 5.60. The van der Waals surface area contributed by atoms with Crippen LogP contribution in [-0.2, 0) is 10.0 Å². The lowest BCUT2D eigenvalue weighted by Gasteiger charge is -2.10. The second-order valence-corrected chi connectivity index (χ2v) is 4.85. The van der Waals surface area contributed by atoms with Crippen molar-refractivity contribution in [2.24, 2.45) is 10.9 Å². The van der Waals surface area contributed by atoms with Crippen LogP contribution in [-0.4, -0.2) is 20.1 Å². The van der Waals surface area contributed by atoms with Gasteiger partial charge in [0.25, 0.3) is 0 Å². The number of sulfonamides is 1. The molecule has 1 aromatic carbocycles. The van der Waals surface area contributed by atoms with Gasteiger partial charge in [-0.05, 0) is 24.1 Å². The summed E-state index contributed by atoms with van der Waals surface area (Å²) in [5.74, 6) is 0. The molecule has 0 aliphatic carbocycles. The number of aryl methyl sites for hydroxylation is 1. The molecule has 16 heavy (non-hydrogen) atoms. The van der Waals surface area contributed by atoms with Crippen LogP contribution in [0.4, 0.5) is 0 Å². The zero-order valence-electron chi connectivity index (χ0n) is 8.75. The zero-order chi connectivity index (χ0) is 11.6. The maximum Gasteiger partial charge on any atom is 0.238 e. The average Bonchev–Trinajstić information content (AvgIpc) is 2.15. The van der Waals surface area contributed by atoms with Gasteiger partial charge >= 0.3 is 0 Å². The van der Waals surface area contributed by atoms with E-state index >= 15 is 0 Å². The topological polar surface area (TPSA) is 106 Å². The minimum Gasteiger partial charge on any atom is -0.387 e. The van der Waals surface area contributed by atoms with E-state index in [-0.39, 0.29) is 23.8 Å². The molecule has 92 valence electrons. The monoisotopic (exact) mass is 266 g/mol. The van der Waals surface area contributed by atoms with Crippen LogP contribution in [0, 0.1) is 6.92 Å². The fourth-order valence-electron chi connectivity index (χ4n) is 1.27. The predicted molar refractivity (Wildman–Crippen MR) is 63.8 cm³/mol. The molecule has 0 bridgehead atoms. The zero-order valence-corrected chi connectivity index (χ0v) is 10.4. The Kier molecular flexibility index (Phi) is 5.37. The van der Waals surface area contributed by atoms with Crippen molar-refractivity contribution in [3.63, 3.8) is 0 Å². The third-order valence-electron chi connectivity index (χ3n) is 2.13. The van der Waals surface area contributed by atoms with Gasteiger partial charge in [-0.1, -0.05) is 12.1 Å². The van der Waals surface area contributed by atoms with E-state index in [0.29, 0.717) is 11.1 Å². The summed E-state index contributed by atoms with van der Waals surface area (Å²) in [7, 11) is -3.75. The van der Waals surface area contributed by atoms with E-state index < -0.39 is 16.1 Å². The highest BCUT2D eigenvalue weighted by Gasteiger charge is 2.14. The van der Waals surface area contributed by atoms with Gasteiger partial charge in [-0.25, -0.2) is 13.6 Å². The molecule has 7 heteroatoms. The molecule has 1 rings (SSSR count). The molecule has 0 aliphatic rings. The predicted octanol–water partition coefficient (Wildman–Crippen LogP) is 0.0563. The molecule has 0 radical (unpaired) electrons. The maximum atomic E-state index is 11.2. The maximum absolute atomic E-state index is 11.2. The van der Waals surface area contributed by atoms with Gasteiger partial charge in [0.2, 0.25) is 10.0 Å². The second-order valence-electron chi connectivity index (χ2n) is 3.32.